The van der Waals surface area contributed by atoms with Gasteiger partial charge in [0.1, 0.15) is 0 Å². The summed E-state index contributed by atoms with van der Waals surface area (Å²) in [6.45, 7) is 6.09. The van der Waals surface area contributed by atoms with Crippen molar-refractivity contribution in [1.82, 2.24) is 14.4 Å². The number of aryl methyl sites for hydroxylation is 1. The van der Waals surface area contributed by atoms with Crippen molar-refractivity contribution in [2.24, 2.45) is 5.73 Å². The van der Waals surface area contributed by atoms with E-state index in [1.54, 1.807) is 9.80 Å². The third kappa shape index (κ3) is 3.55. The lowest BCUT2D eigenvalue weighted by molar-refractivity contribution is 0.0762. The number of carbonyl (C=O) groups is 2. The molecule has 0 radical (unpaired) electrons. The summed E-state index contributed by atoms with van der Waals surface area (Å²) in [4.78, 5) is 27.8. The van der Waals surface area contributed by atoms with Crippen LogP contribution in [0.15, 0.2) is 30.3 Å². The van der Waals surface area contributed by atoms with Crippen LogP contribution >= 0.6 is 11.6 Å². The van der Waals surface area contributed by atoms with Gasteiger partial charge in [0.15, 0.2) is 0 Å². The summed E-state index contributed by atoms with van der Waals surface area (Å²) in [7, 11) is 0. The Balaban J connectivity index is 1.85. The number of hydrogen-bond donors (Lipinski definition) is 1. The highest BCUT2D eigenvalue weighted by Gasteiger charge is 2.25. The molecular formula is C19H23ClN4O2. The molecule has 26 heavy (non-hydrogen) atoms. The molecule has 1 aliphatic heterocycles. The first-order chi connectivity index (χ1) is 12.4. The van der Waals surface area contributed by atoms with Crippen molar-refractivity contribution in [1.29, 1.82) is 0 Å². The number of nitrogens with zero attached hydrogens (tertiary/aromatic N) is 3. The van der Waals surface area contributed by atoms with E-state index in [1.165, 1.54) is 0 Å². The van der Waals surface area contributed by atoms with Crippen LogP contribution in [0.2, 0.25) is 5.02 Å². The molecule has 1 aliphatic rings. The first-order valence-electron chi connectivity index (χ1n) is 8.67. The summed E-state index contributed by atoms with van der Waals surface area (Å²) in [5.74, 6) is -0.00960. The van der Waals surface area contributed by atoms with Gasteiger partial charge in [-0.3, -0.25) is 4.79 Å². The minimum Gasteiger partial charge on any atom is -0.351 e. The van der Waals surface area contributed by atoms with Gasteiger partial charge in [0.2, 0.25) is 0 Å². The van der Waals surface area contributed by atoms with Crippen LogP contribution in [0.5, 0.6) is 0 Å². The van der Waals surface area contributed by atoms with Gasteiger partial charge in [-0.15, -0.1) is 0 Å². The van der Waals surface area contributed by atoms with Crippen molar-refractivity contribution in [2.45, 2.75) is 20.3 Å². The van der Waals surface area contributed by atoms with E-state index in [2.05, 4.69) is 4.57 Å². The minimum atomic E-state index is -0.430. The molecule has 138 valence electrons. The van der Waals surface area contributed by atoms with Gasteiger partial charge in [0, 0.05) is 48.3 Å². The van der Waals surface area contributed by atoms with Crippen molar-refractivity contribution in [3.63, 3.8) is 0 Å². The Morgan fingerprint density at radius 1 is 1.00 bits per heavy atom. The smallest absolute Gasteiger partial charge is 0.314 e. The van der Waals surface area contributed by atoms with Crippen LogP contribution in [-0.4, -0.2) is 52.5 Å². The average Bonchev–Trinajstić information content (AvgIpc) is 2.79. The van der Waals surface area contributed by atoms with Gasteiger partial charge in [0.25, 0.3) is 5.91 Å². The summed E-state index contributed by atoms with van der Waals surface area (Å²) in [6, 6.07) is 9.04. The Bertz CT molecular complexity index is 829. The zero-order chi connectivity index (χ0) is 18.8. The highest BCUT2D eigenvalue weighted by Crippen LogP contribution is 2.23. The van der Waals surface area contributed by atoms with Crippen LogP contribution in [-0.2, 0) is 0 Å². The zero-order valence-electron chi connectivity index (χ0n) is 15.0. The molecule has 0 aliphatic carbocycles. The molecule has 1 aromatic carbocycles. The summed E-state index contributed by atoms with van der Waals surface area (Å²) in [5.41, 5.74) is 8.90. The summed E-state index contributed by atoms with van der Waals surface area (Å²) >= 11 is 5.98. The molecule has 0 unspecified atom stereocenters. The molecule has 7 heteroatoms. The largest absolute Gasteiger partial charge is 0.351 e. The quantitative estimate of drug-likeness (QED) is 0.877. The first-order valence-corrected chi connectivity index (χ1v) is 9.05. The van der Waals surface area contributed by atoms with Crippen molar-refractivity contribution in [3.8, 4) is 5.69 Å². The van der Waals surface area contributed by atoms with E-state index in [0.29, 0.717) is 36.8 Å². The number of rotatable bonds is 2. The molecule has 0 atom stereocenters. The second-order valence-electron chi connectivity index (χ2n) is 6.57. The fraction of sp³-hybridized carbons (Fsp3) is 0.368. The molecule has 0 saturated carbocycles. The third-order valence-corrected chi connectivity index (χ3v) is 5.09. The maximum atomic E-state index is 13.1. The van der Waals surface area contributed by atoms with E-state index in [1.807, 2.05) is 44.2 Å². The molecule has 0 spiro atoms. The predicted octanol–water partition coefficient (Wildman–Crippen LogP) is 2.97. The summed E-state index contributed by atoms with van der Waals surface area (Å²) < 4.78 is 2.05. The number of primary amides is 1. The maximum absolute atomic E-state index is 13.1. The van der Waals surface area contributed by atoms with E-state index in [9.17, 15) is 9.59 Å². The molecule has 1 aromatic heterocycles. The predicted molar refractivity (Wildman–Crippen MR) is 102 cm³/mol. The molecule has 2 heterocycles. The van der Waals surface area contributed by atoms with Crippen molar-refractivity contribution in [3.05, 3.63) is 52.3 Å². The van der Waals surface area contributed by atoms with Crippen molar-refractivity contribution in [2.75, 3.05) is 26.2 Å². The lowest BCUT2D eigenvalue weighted by Crippen LogP contribution is -2.39. The fourth-order valence-corrected chi connectivity index (χ4v) is 3.60. The number of amides is 3. The van der Waals surface area contributed by atoms with Crippen molar-refractivity contribution < 1.29 is 9.59 Å². The normalized spacial score (nSPS) is 15.0. The molecule has 1 saturated heterocycles. The molecule has 2 aromatic rings. The lowest BCUT2D eigenvalue weighted by atomic mass is 10.2. The number of benzene rings is 1. The summed E-state index contributed by atoms with van der Waals surface area (Å²) in [6.07, 6.45) is 0.727. The average molecular weight is 375 g/mol. The highest BCUT2D eigenvalue weighted by molar-refractivity contribution is 6.30. The van der Waals surface area contributed by atoms with Gasteiger partial charge in [-0.1, -0.05) is 11.6 Å². The van der Waals surface area contributed by atoms with Crippen LogP contribution in [0, 0.1) is 13.8 Å². The topological polar surface area (TPSA) is 71.6 Å². The molecule has 1 fully saturated rings. The molecule has 2 N–H and O–H groups in total. The summed E-state index contributed by atoms with van der Waals surface area (Å²) in [5, 5.41) is 0.677. The minimum absolute atomic E-state index is 0.00960. The van der Waals surface area contributed by atoms with Crippen LogP contribution in [0.4, 0.5) is 4.79 Å². The van der Waals surface area contributed by atoms with Crippen molar-refractivity contribution >= 4 is 23.5 Å². The second kappa shape index (κ2) is 7.41. The van der Waals surface area contributed by atoms with Gasteiger partial charge in [-0.25, -0.2) is 4.79 Å². The number of hydrogen-bond acceptors (Lipinski definition) is 2. The third-order valence-electron chi connectivity index (χ3n) is 4.84. The number of carbonyl (C=O) groups excluding carboxylic acids is 2. The number of nitrogens with two attached hydrogens (primary N) is 1. The van der Waals surface area contributed by atoms with Gasteiger partial charge >= 0.3 is 6.03 Å². The number of aromatic nitrogens is 1. The Kier molecular flexibility index (Phi) is 5.23. The maximum Gasteiger partial charge on any atom is 0.314 e. The number of urea groups is 1. The van der Waals surface area contributed by atoms with Gasteiger partial charge < -0.3 is 20.1 Å². The Labute approximate surface area is 158 Å². The highest BCUT2D eigenvalue weighted by atomic mass is 35.5. The molecule has 3 amide bonds. The van der Waals surface area contributed by atoms with Crippen LogP contribution in [0.25, 0.3) is 5.69 Å². The van der Waals surface area contributed by atoms with E-state index in [-0.39, 0.29) is 5.91 Å². The number of halogens is 1. The van der Waals surface area contributed by atoms with E-state index in [4.69, 9.17) is 17.3 Å². The van der Waals surface area contributed by atoms with Crippen LogP contribution in [0.1, 0.15) is 28.2 Å². The standard InChI is InChI=1S/C19H23ClN4O2/c1-13-12-17(14(2)24(13)16-6-4-15(20)5-7-16)18(25)22-8-3-9-23(11-10-22)19(21)26/h4-7,12H,3,8-11H2,1-2H3,(H2,21,26). The van der Waals surface area contributed by atoms with E-state index >= 15 is 0 Å². The lowest BCUT2D eigenvalue weighted by Gasteiger charge is -2.21. The van der Waals surface area contributed by atoms with E-state index < -0.39 is 6.03 Å². The SMILES string of the molecule is Cc1cc(C(=O)N2CCCN(C(N)=O)CC2)c(C)n1-c1ccc(Cl)cc1. The van der Waals surface area contributed by atoms with Gasteiger partial charge in [0.05, 0.1) is 5.56 Å². The Morgan fingerprint density at radius 2 is 1.62 bits per heavy atom. The molecule has 0 bridgehead atoms. The monoisotopic (exact) mass is 374 g/mol. The zero-order valence-corrected chi connectivity index (χ0v) is 15.8. The van der Waals surface area contributed by atoms with Gasteiger partial charge in [-0.2, -0.15) is 0 Å². The second-order valence-corrected chi connectivity index (χ2v) is 7.00. The van der Waals surface area contributed by atoms with E-state index in [0.717, 1.165) is 23.5 Å². The Morgan fingerprint density at radius 3 is 2.27 bits per heavy atom. The van der Waals surface area contributed by atoms with Crippen LogP contribution in [0.3, 0.4) is 0 Å². The fourth-order valence-electron chi connectivity index (χ4n) is 3.48. The molecule has 6 nitrogen and oxygen atoms in total. The Hall–Kier alpha value is -2.47. The first kappa shape index (κ1) is 18.3. The van der Waals surface area contributed by atoms with Crippen LogP contribution < -0.4 is 5.73 Å². The molecule has 3 rings (SSSR count). The molecular weight excluding hydrogens is 352 g/mol. The van der Waals surface area contributed by atoms with Gasteiger partial charge in [-0.05, 0) is 50.6 Å².